The molecule has 0 atom stereocenters. The van der Waals surface area contributed by atoms with Crippen LogP contribution in [0, 0.1) is 0 Å². The molecule has 2 aromatic rings. The van der Waals surface area contributed by atoms with Gasteiger partial charge in [0.1, 0.15) is 0 Å². The van der Waals surface area contributed by atoms with Crippen molar-refractivity contribution in [2.75, 3.05) is 21.2 Å². The summed E-state index contributed by atoms with van der Waals surface area (Å²) in [6, 6.07) is 5.40. The molecule has 0 aliphatic rings. The first-order valence-electron chi connectivity index (χ1n) is 5.84. The Morgan fingerprint density at radius 2 is 2.05 bits per heavy atom. The van der Waals surface area contributed by atoms with Crippen LogP contribution in [0.3, 0.4) is 0 Å². The van der Waals surface area contributed by atoms with Crippen LogP contribution in [0.2, 0.25) is 0 Å². The van der Waals surface area contributed by atoms with Gasteiger partial charge in [-0.25, -0.2) is 9.78 Å². The first-order valence-corrected chi connectivity index (χ1v) is 6.66. The number of ether oxygens (including phenoxy) is 1. The normalized spacial score (nSPS) is 10.3. The fourth-order valence-corrected chi connectivity index (χ4v) is 2.72. The molecule has 5 nitrogen and oxygen atoms in total. The number of carbonyl (C=O) groups excluding carboxylic acids is 2. The van der Waals surface area contributed by atoms with Gasteiger partial charge in [-0.05, 0) is 6.07 Å². The lowest BCUT2D eigenvalue weighted by molar-refractivity contribution is -0.133. The Hall–Kier alpha value is -2.21. The molecule has 0 spiro atoms. The van der Waals surface area contributed by atoms with Gasteiger partial charge in [0.05, 0.1) is 22.9 Å². The number of esters is 1. The molecule has 6 heteroatoms. The van der Waals surface area contributed by atoms with Crippen molar-refractivity contribution < 1.29 is 14.3 Å². The first-order chi connectivity index (χ1) is 9.45. The number of hydrogen-bond acceptors (Lipinski definition) is 5. The van der Waals surface area contributed by atoms with Gasteiger partial charge in [-0.1, -0.05) is 18.7 Å². The highest BCUT2D eigenvalue weighted by atomic mass is 32.1. The van der Waals surface area contributed by atoms with Crippen LogP contribution in [0.1, 0.15) is 15.4 Å². The third kappa shape index (κ3) is 2.42. The van der Waals surface area contributed by atoms with Crippen LogP contribution in [-0.2, 0) is 9.53 Å². The monoisotopic (exact) mass is 290 g/mol. The van der Waals surface area contributed by atoms with Crippen LogP contribution in [0.15, 0.2) is 24.8 Å². The van der Waals surface area contributed by atoms with Gasteiger partial charge in [-0.3, -0.25) is 4.79 Å². The van der Waals surface area contributed by atoms with E-state index in [4.69, 9.17) is 0 Å². The van der Waals surface area contributed by atoms with Crippen molar-refractivity contribution in [3.63, 3.8) is 0 Å². The van der Waals surface area contributed by atoms with E-state index in [1.807, 2.05) is 6.07 Å². The zero-order chi connectivity index (χ0) is 14.9. The highest BCUT2D eigenvalue weighted by Gasteiger charge is 2.19. The number of benzene rings is 1. The molecule has 0 radical (unpaired) electrons. The van der Waals surface area contributed by atoms with Gasteiger partial charge in [0, 0.05) is 19.7 Å². The molecule has 0 aliphatic heterocycles. The van der Waals surface area contributed by atoms with E-state index < -0.39 is 5.97 Å². The minimum Gasteiger partial charge on any atom is -0.465 e. The molecule has 0 N–H and O–H groups in total. The van der Waals surface area contributed by atoms with Gasteiger partial charge in [0.2, 0.25) is 0 Å². The van der Waals surface area contributed by atoms with Crippen molar-refractivity contribution >= 4 is 39.0 Å². The fourth-order valence-electron chi connectivity index (χ4n) is 1.71. The molecule has 104 valence electrons. The maximum Gasteiger partial charge on any atom is 0.337 e. The molecule has 0 saturated carbocycles. The molecule has 0 bridgehead atoms. The molecule has 1 amide bonds. The second-order valence-electron chi connectivity index (χ2n) is 4.34. The molecule has 2 rings (SSSR count). The average molecular weight is 290 g/mol. The van der Waals surface area contributed by atoms with Crippen LogP contribution >= 0.6 is 11.3 Å². The van der Waals surface area contributed by atoms with Crippen molar-refractivity contribution in [2.24, 2.45) is 0 Å². The molecule has 1 aromatic carbocycles. The van der Waals surface area contributed by atoms with Gasteiger partial charge in [-0.2, -0.15) is 0 Å². The summed E-state index contributed by atoms with van der Waals surface area (Å²) in [5, 5.41) is 0.384. The second-order valence-corrected chi connectivity index (χ2v) is 5.37. The summed E-state index contributed by atoms with van der Waals surface area (Å²) in [5.41, 5.74) is 1.41. The fraction of sp³-hybridized carbons (Fsp3) is 0.214. The van der Waals surface area contributed by atoms with Gasteiger partial charge in [0.15, 0.2) is 5.01 Å². The summed E-state index contributed by atoms with van der Waals surface area (Å²) in [4.78, 5) is 29.3. The van der Waals surface area contributed by atoms with E-state index in [2.05, 4.69) is 16.3 Å². The number of hydrogen-bond donors (Lipinski definition) is 0. The first kappa shape index (κ1) is 14.2. The number of carbonyl (C=O) groups is 2. The number of thiazole rings is 1. The number of para-hydroxylation sites is 1. The number of rotatable bonds is 3. The Balaban J connectivity index is 2.56. The van der Waals surface area contributed by atoms with Gasteiger partial charge >= 0.3 is 5.97 Å². The minimum absolute atomic E-state index is 0.166. The van der Waals surface area contributed by atoms with Crippen LogP contribution in [0.4, 0.5) is 0 Å². The van der Waals surface area contributed by atoms with Crippen molar-refractivity contribution in [3.05, 3.63) is 35.3 Å². The Labute approximate surface area is 120 Å². The number of methoxy groups -OCH3 is 1. The molecule has 1 heterocycles. The third-order valence-electron chi connectivity index (χ3n) is 2.77. The predicted molar refractivity (Wildman–Crippen MR) is 78.7 cm³/mol. The number of aromatic nitrogens is 1. The standard InChI is InChI=1S/C14H14N2O3S/c1-8(14(18)19-4)9-6-5-7-10-11(9)15-12(20-10)13(17)16(2)3/h5-7H,1H2,2-4H3. The summed E-state index contributed by atoms with van der Waals surface area (Å²) >= 11 is 1.29. The molecule has 0 saturated heterocycles. The van der Waals surface area contributed by atoms with E-state index in [0.717, 1.165) is 4.70 Å². The van der Waals surface area contributed by atoms with Crippen molar-refractivity contribution in [2.45, 2.75) is 0 Å². The summed E-state index contributed by atoms with van der Waals surface area (Å²) in [7, 11) is 4.64. The number of nitrogens with zero attached hydrogens (tertiary/aromatic N) is 2. The van der Waals surface area contributed by atoms with E-state index in [9.17, 15) is 9.59 Å². The smallest absolute Gasteiger partial charge is 0.337 e. The highest BCUT2D eigenvalue weighted by molar-refractivity contribution is 7.20. The molecule has 0 unspecified atom stereocenters. The zero-order valence-electron chi connectivity index (χ0n) is 11.5. The Bertz CT molecular complexity index is 704. The lowest BCUT2D eigenvalue weighted by atomic mass is 10.1. The maximum atomic E-state index is 11.9. The Morgan fingerprint density at radius 1 is 1.35 bits per heavy atom. The van der Waals surface area contributed by atoms with E-state index in [0.29, 0.717) is 16.1 Å². The molecule has 0 aliphatic carbocycles. The minimum atomic E-state index is -0.508. The SMILES string of the molecule is C=C(C(=O)OC)c1cccc2sc(C(=O)N(C)C)nc12. The van der Waals surface area contributed by atoms with Gasteiger partial charge < -0.3 is 9.64 Å². The molecule has 1 aromatic heterocycles. The molecular formula is C14H14N2O3S. The van der Waals surface area contributed by atoms with Crippen LogP contribution in [0.5, 0.6) is 0 Å². The zero-order valence-corrected chi connectivity index (χ0v) is 12.3. The number of fused-ring (bicyclic) bond motifs is 1. The molecule has 0 fully saturated rings. The summed E-state index contributed by atoms with van der Waals surface area (Å²) in [5.74, 6) is -0.674. The maximum absolute atomic E-state index is 11.9. The van der Waals surface area contributed by atoms with Crippen LogP contribution in [0.25, 0.3) is 15.8 Å². The Morgan fingerprint density at radius 3 is 2.65 bits per heavy atom. The van der Waals surface area contributed by atoms with E-state index in [1.165, 1.54) is 23.3 Å². The average Bonchev–Trinajstić information content (AvgIpc) is 2.88. The van der Waals surface area contributed by atoms with E-state index >= 15 is 0 Å². The van der Waals surface area contributed by atoms with E-state index in [1.54, 1.807) is 26.2 Å². The lowest BCUT2D eigenvalue weighted by Crippen LogP contribution is -2.21. The number of amides is 1. The van der Waals surface area contributed by atoms with Gasteiger partial charge in [-0.15, -0.1) is 11.3 Å². The van der Waals surface area contributed by atoms with Crippen LogP contribution in [-0.4, -0.2) is 43.0 Å². The quantitative estimate of drug-likeness (QED) is 0.642. The summed E-state index contributed by atoms with van der Waals surface area (Å²) in [6.07, 6.45) is 0. The van der Waals surface area contributed by atoms with Crippen molar-refractivity contribution in [1.82, 2.24) is 9.88 Å². The van der Waals surface area contributed by atoms with Crippen LogP contribution < -0.4 is 0 Å². The summed E-state index contributed by atoms with van der Waals surface area (Å²) in [6.45, 7) is 3.73. The lowest BCUT2D eigenvalue weighted by Gasteiger charge is -2.06. The van der Waals surface area contributed by atoms with Crippen molar-refractivity contribution in [3.8, 4) is 0 Å². The van der Waals surface area contributed by atoms with Gasteiger partial charge in [0.25, 0.3) is 5.91 Å². The largest absolute Gasteiger partial charge is 0.465 e. The van der Waals surface area contributed by atoms with Crippen molar-refractivity contribution in [1.29, 1.82) is 0 Å². The molecule has 20 heavy (non-hydrogen) atoms. The Kier molecular flexibility index (Phi) is 3.85. The second kappa shape index (κ2) is 5.42. The summed E-state index contributed by atoms with van der Waals surface area (Å²) < 4.78 is 5.50. The third-order valence-corrected chi connectivity index (χ3v) is 3.77. The molecular weight excluding hydrogens is 276 g/mol. The van der Waals surface area contributed by atoms with E-state index in [-0.39, 0.29) is 11.5 Å². The topological polar surface area (TPSA) is 59.5 Å². The predicted octanol–water partition coefficient (Wildman–Crippen LogP) is 2.18. The highest BCUT2D eigenvalue weighted by Crippen LogP contribution is 2.29.